The highest BCUT2D eigenvalue weighted by molar-refractivity contribution is 5.70. The molecular weight excluding hydrogens is 267 g/mol. The second kappa shape index (κ2) is 7.06. The third-order valence-electron chi connectivity index (χ3n) is 5.00. The number of carboxylic acids is 1. The van der Waals surface area contributed by atoms with Crippen LogP contribution in [0.5, 0.6) is 0 Å². The van der Waals surface area contributed by atoms with E-state index in [0.717, 1.165) is 44.1 Å². The first kappa shape index (κ1) is 16.0. The maximum Gasteiger partial charge on any atom is 0.306 e. The van der Waals surface area contributed by atoms with Gasteiger partial charge in [0.2, 0.25) is 0 Å². The molecule has 2 rings (SSSR count). The molecule has 0 spiro atoms. The van der Waals surface area contributed by atoms with Gasteiger partial charge in [-0.05, 0) is 49.1 Å². The van der Waals surface area contributed by atoms with Crippen LogP contribution in [0, 0.1) is 11.7 Å². The fourth-order valence-corrected chi connectivity index (χ4v) is 3.68. The van der Waals surface area contributed by atoms with Crippen molar-refractivity contribution < 1.29 is 14.3 Å². The molecule has 0 saturated heterocycles. The smallest absolute Gasteiger partial charge is 0.306 e. The summed E-state index contributed by atoms with van der Waals surface area (Å²) in [4.78, 5) is 11.2. The van der Waals surface area contributed by atoms with Gasteiger partial charge >= 0.3 is 5.97 Å². The minimum absolute atomic E-state index is 0.136. The highest BCUT2D eigenvalue weighted by atomic mass is 19.1. The average Bonchev–Trinajstić information content (AvgIpc) is 2.48. The molecule has 0 unspecified atom stereocenters. The summed E-state index contributed by atoms with van der Waals surface area (Å²) in [5, 5.41) is 9.17. The van der Waals surface area contributed by atoms with E-state index < -0.39 is 5.97 Å². The van der Waals surface area contributed by atoms with Gasteiger partial charge in [0, 0.05) is 0 Å². The molecule has 0 bridgehead atoms. The molecule has 1 fully saturated rings. The Morgan fingerprint density at radius 1 is 1.29 bits per heavy atom. The molecule has 1 aromatic rings. The molecule has 1 N–H and O–H groups in total. The number of unbranched alkanes of at least 4 members (excludes halogenated alkanes) is 2. The normalized spacial score (nSPS) is 25.7. The average molecular weight is 292 g/mol. The van der Waals surface area contributed by atoms with Gasteiger partial charge in [0.05, 0.1) is 5.92 Å². The number of aliphatic carboxylic acids is 1. The predicted octanol–water partition coefficient (Wildman–Crippen LogP) is 4.92. The number of rotatable bonds is 6. The second-order valence-electron chi connectivity index (χ2n) is 6.33. The van der Waals surface area contributed by atoms with Gasteiger partial charge in [-0.15, -0.1) is 0 Å². The minimum atomic E-state index is -0.703. The van der Waals surface area contributed by atoms with Gasteiger partial charge in [0.1, 0.15) is 5.82 Å². The molecule has 0 aliphatic heterocycles. The molecule has 0 amide bonds. The fourth-order valence-electron chi connectivity index (χ4n) is 3.68. The molecule has 21 heavy (non-hydrogen) atoms. The zero-order chi connectivity index (χ0) is 15.3. The van der Waals surface area contributed by atoms with Crippen LogP contribution in [-0.2, 0) is 10.2 Å². The number of halogens is 1. The van der Waals surface area contributed by atoms with Crippen LogP contribution in [-0.4, -0.2) is 11.1 Å². The lowest BCUT2D eigenvalue weighted by Gasteiger charge is -2.40. The van der Waals surface area contributed by atoms with Gasteiger partial charge in [-0.1, -0.05) is 44.4 Å². The summed E-state index contributed by atoms with van der Waals surface area (Å²) in [5.74, 6) is -1.09. The summed E-state index contributed by atoms with van der Waals surface area (Å²) in [7, 11) is 0. The van der Waals surface area contributed by atoms with Gasteiger partial charge < -0.3 is 5.11 Å². The van der Waals surface area contributed by atoms with Gasteiger partial charge in [0.25, 0.3) is 0 Å². The van der Waals surface area contributed by atoms with Crippen LogP contribution in [0.1, 0.15) is 63.9 Å². The Hall–Kier alpha value is -1.38. The largest absolute Gasteiger partial charge is 0.481 e. The van der Waals surface area contributed by atoms with Crippen LogP contribution >= 0.6 is 0 Å². The van der Waals surface area contributed by atoms with Crippen molar-refractivity contribution >= 4 is 5.97 Å². The van der Waals surface area contributed by atoms with Gasteiger partial charge in [-0.3, -0.25) is 4.79 Å². The SMILES string of the molecule is CCCCCC1(c2ccccc2F)CCC(C(=O)O)CC1. The fraction of sp³-hybridized carbons (Fsp3) is 0.611. The lowest BCUT2D eigenvalue weighted by Crippen LogP contribution is -2.35. The number of carbonyl (C=O) groups is 1. The van der Waals surface area contributed by atoms with Crippen molar-refractivity contribution in [3.63, 3.8) is 0 Å². The highest BCUT2D eigenvalue weighted by Gasteiger charge is 2.39. The Bertz CT molecular complexity index is 476. The van der Waals surface area contributed by atoms with Crippen molar-refractivity contribution in [3.05, 3.63) is 35.6 Å². The summed E-state index contributed by atoms with van der Waals surface area (Å²) in [5.41, 5.74) is 0.636. The van der Waals surface area contributed by atoms with E-state index >= 15 is 0 Å². The molecule has 1 saturated carbocycles. The second-order valence-corrected chi connectivity index (χ2v) is 6.33. The number of carboxylic acid groups (broad SMARTS) is 1. The first-order chi connectivity index (χ1) is 10.1. The molecule has 0 heterocycles. The first-order valence-electron chi connectivity index (χ1n) is 8.07. The maximum absolute atomic E-state index is 14.3. The van der Waals surface area contributed by atoms with Crippen LogP contribution in [0.2, 0.25) is 0 Å². The Kier molecular flexibility index (Phi) is 5.38. The van der Waals surface area contributed by atoms with E-state index in [9.17, 15) is 14.3 Å². The quantitative estimate of drug-likeness (QED) is 0.756. The van der Waals surface area contributed by atoms with E-state index in [1.807, 2.05) is 12.1 Å². The van der Waals surface area contributed by atoms with E-state index in [1.165, 1.54) is 6.07 Å². The van der Waals surface area contributed by atoms with Crippen LogP contribution < -0.4 is 0 Å². The van der Waals surface area contributed by atoms with Crippen molar-refractivity contribution in [1.82, 2.24) is 0 Å². The van der Waals surface area contributed by atoms with Crippen molar-refractivity contribution in [2.75, 3.05) is 0 Å². The van der Waals surface area contributed by atoms with Crippen molar-refractivity contribution in [1.29, 1.82) is 0 Å². The van der Waals surface area contributed by atoms with Crippen molar-refractivity contribution in [3.8, 4) is 0 Å². The Labute approximate surface area is 126 Å². The third kappa shape index (κ3) is 3.63. The minimum Gasteiger partial charge on any atom is -0.481 e. The zero-order valence-electron chi connectivity index (χ0n) is 12.8. The van der Waals surface area contributed by atoms with Crippen LogP contribution in [0.15, 0.2) is 24.3 Å². The topological polar surface area (TPSA) is 37.3 Å². The molecule has 0 atom stereocenters. The van der Waals surface area contributed by atoms with Gasteiger partial charge in [-0.2, -0.15) is 0 Å². The summed E-state index contributed by atoms with van der Waals surface area (Å²) < 4.78 is 14.3. The Balaban J connectivity index is 2.20. The summed E-state index contributed by atoms with van der Waals surface area (Å²) in [6.07, 6.45) is 7.25. The Morgan fingerprint density at radius 3 is 2.52 bits per heavy atom. The maximum atomic E-state index is 14.3. The van der Waals surface area contributed by atoms with E-state index in [2.05, 4.69) is 6.92 Å². The molecule has 0 radical (unpaired) electrons. The number of benzene rings is 1. The standard InChI is InChI=1S/C18H25FO2/c1-2-3-6-11-18(15-7-4-5-8-16(15)19)12-9-14(10-13-18)17(20)21/h4-5,7-8,14H,2-3,6,9-13H2,1H3,(H,20,21). The highest BCUT2D eigenvalue weighted by Crippen LogP contribution is 2.46. The van der Waals surface area contributed by atoms with Crippen molar-refractivity contribution in [2.45, 2.75) is 63.7 Å². The molecule has 116 valence electrons. The molecule has 1 aromatic carbocycles. The number of hydrogen-bond acceptors (Lipinski definition) is 1. The van der Waals surface area contributed by atoms with Crippen molar-refractivity contribution in [2.24, 2.45) is 5.92 Å². The lowest BCUT2D eigenvalue weighted by molar-refractivity contribution is -0.143. The molecule has 1 aliphatic rings. The van der Waals surface area contributed by atoms with Crippen LogP contribution in [0.25, 0.3) is 0 Å². The summed E-state index contributed by atoms with van der Waals surface area (Å²) in [6.45, 7) is 2.16. The molecule has 3 heteroatoms. The summed E-state index contributed by atoms with van der Waals surface area (Å²) >= 11 is 0. The molecule has 2 nitrogen and oxygen atoms in total. The summed E-state index contributed by atoms with van der Waals surface area (Å²) in [6, 6.07) is 7.04. The van der Waals surface area contributed by atoms with E-state index in [4.69, 9.17) is 0 Å². The molecular formula is C18H25FO2. The third-order valence-corrected chi connectivity index (χ3v) is 5.00. The molecule has 1 aliphatic carbocycles. The first-order valence-corrected chi connectivity index (χ1v) is 8.07. The Morgan fingerprint density at radius 2 is 1.95 bits per heavy atom. The van der Waals surface area contributed by atoms with E-state index in [-0.39, 0.29) is 17.2 Å². The van der Waals surface area contributed by atoms with E-state index in [0.29, 0.717) is 12.8 Å². The van der Waals surface area contributed by atoms with Crippen LogP contribution in [0.4, 0.5) is 4.39 Å². The van der Waals surface area contributed by atoms with E-state index in [1.54, 1.807) is 6.07 Å². The monoisotopic (exact) mass is 292 g/mol. The number of hydrogen-bond donors (Lipinski definition) is 1. The van der Waals surface area contributed by atoms with Gasteiger partial charge in [0.15, 0.2) is 0 Å². The van der Waals surface area contributed by atoms with Gasteiger partial charge in [-0.25, -0.2) is 4.39 Å². The molecule has 0 aromatic heterocycles. The van der Waals surface area contributed by atoms with Crippen LogP contribution in [0.3, 0.4) is 0 Å². The predicted molar refractivity (Wildman–Crippen MR) is 81.8 cm³/mol. The lowest BCUT2D eigenvalue weighted by atomic mass is 9.64. The zero-order valence-corrected chi connectivity index (χ0v) is 12.8.